The fourth-order valence-corrected chi connectivity index (χ4v) is 4.55. The first kappa shape index (κ1) is 25.6. The van der Waals surface area contributed by atoms with Crippen LogP contribution in [0.4, 0.5) is 0 Å². The van der Waals surface area contributed by atoms with Crippen LogP contribution in [0.1, 0.15) is 37.8 Å². The number of hydrogen-bond donors (Lipinski definition) is 1. The number of nitrogens with zero attached hydrogens (tertiary/aromatic N) is 1. The molecule has 2 atom stereocenters. The molecule has 4 nitrogen and oxygen atoms in total. The van der Waals surface area contributed by atoms with Crippen molar-refractivity contribution in [2.75, 3.05) is 5.75 Å². The first-order valence-corrected chi connectivity index (χ1v) is 12.9. The van der Waals surface area contributed by atoms with Crippen molar-refractivity contribution in [2.45, 2.75) is 56.6 Å². The highest BCUT2D eigenvalue weighted by molar-refractivity contribution is 7.99. The summed E-state index contributed by atoms with van der Waals surface area (Å²) in [6.07, 6.45) is 1.69. The number of carbonyl (C=O) groups excluding carboxylic acids is 2. The van der Waals surface area contributed by atoms with Crippen LogP contribution in [-0.2, 0) is 22.6 Å². The van der Waals surface area contributed by atoms with E-state index in [1.165, 1.54) is 0 Å². The molecule has 0 aliphatic carbocycles. The van der Waals surface area contributed by atoms with Gasteiger partial charge in [0.25, 0.3) is 0 Å². The van der Waals surface area contributed by atoms with Crippen molar-refractivity contribution in [3.05, 3.63) is 102 Å². The summed E-state index contributed by atoms with van der Waals surface area (Å²) in [7, 11) is 0. The zero-order valence-corrected chi connectivity index (χ0v) is 20.8. The molecule has 3 aromatic carbocycles. The van der Waals surface area contributed by atoms with Crippen LogP contribution in [0.25, 0.3) is 0 Å². The molecule has 0 unspecified atom stereocenters. The van der Waals surface area contributed by atoms with Gasteiger partial charge < -0.3 is 10.2 Å². The van der Waals surface area contributed by atoms with Crippen molar-refractivity contribution in [3.8, 4) is 0 Å². The van der Waals surface area contributed by atoms with E-state index >= 15 is 0 Å². The Labute approximate surface area is 207 Å². The summed E-state index contributed by atoms with van der Waals surface area (Å²) >= 11 is 1.66. The van der Waals surface area contributed by atoms with Crippen LogP contribution >= 0.6 is 11.8 Å². The summed E-state index contributed by atoms with van der Waals surface area (Å²) in [5.74, 6) is 0.560. The van der Waals surface area contributed by atoms with Gasteiger partial charge in [0.15, 0.2) is 0 Å². The lowest BCUT2D eigenvalue weighted by Crippen LogP contribution is -2.52. The van der Waals surface area contributed by atoms with Crippen LogP contribution in [0.5, 0.6) is 0 Å². The molecular weight excluding hydrogens is 440 g/mol. The van der Waals surface area contributed by atoms with Gasteiger partial charge >= 0.3 is 0 Å². The van der Waals surface area contributed by atoms with Gasteiger partial charge in [0.2, 0.25) is 11.8 Å². The molecule has 178 valence electrons. The molecule has 0 aliphatic rings. The van der Waals surface area contributed by atoms with Gasteiger partial charge in [0.05, 0.1) is 0 Å². The molecule has 0 aromatic heterocycles. The molecule has 34 heavy (non-hydrogen) atoms. The highest BCUT2D eigenvalue weighted by Gasteiger charge is 2.30. The van der Waals surface area contributed by atoms with Gasteiger partial charge in [-0.05, 0) is 36.6 Å². The van der Waals surface area contributed by atoms with Gasteiger partial charge in [-0.1, -0.05) is 85.8 Å². The number of carbonyl (C=O) groups is 2. The van der Waals surface area contributed by atoms with Gasteiger partial charge in [0, 0.05) is 36.1 Å². The fourth-order valence-electron chi connectivity index (χ4n) is 3.69. The molecule has 2 amide bonds. The van der Waals surface area contributed by atoms with Crippen molar-refractivity contribution < 1.29 is 9.59 Å². The first-order chi connectivity index (χ1) is 16.6. The minimum Gasteiger partial charge on any atom is -0.352 e. The molecule has 3 aromatic rings. The van der Waals surface area contributed by atoms with E-state index in [0.29, 0.717) is 25.1 Å². The molecule has 5 heteroatoms. The SMILES string of the molecule is CC[C@H](C)NC(=O)[C@@H](Cc1ccccc1)N(Cc1ccccc1)C(=O)CCSc1ccccc1. The van der Waals surface area contributed by atoms with E-state index in [9.17, 15) is 9.59 Å². The lowest BCUT2D eigenvalue weighted by atomic mass is 10.0. The maximum Gasteiger partial charge on any atom is 0.243 e. The quantitative estimate of drug-likeness (QED) is 0.341. The third-order valence-electron chi connectivity index (χ3n) is 5.80. The number of rotatable bonds is 12. The normalized spacial score (nSPS) is 12.5. The Morgan fingerprint density at radius 1 is 0.853 bits per heavy atom. The molecule has 0 heterocycles. The largest absolute Gasteiger partial charge is 0.352 e. The molecule has 0 bridgehead atoms. The van der Waals surface area contributed by atoms with Gasteiger partial charge in [-0.15, -0.1) is 11.8 Å². The summed E-state index contributed by atoms with van der Waals surface area (Å²) < 4.78 is 0. The molecule has 0 aliphatic heterocycles. The average Bonchev–Trinajstić information content (AvgIpc) is 2.87. The van der Waals surface area contributed by atoms with Gasteiger partial charge in [0.1, 0.15) is 6.04 Å². The lowest BCUT2D eigenvalue weighted by Gasteiger charge is -2.32. The third-order valence-corrected chi connectivity index (χ3v) is 6.81. The fraction of sp³-hybridized carbons (Fsp3) is 0.310. The van der Waals surface area contributed by atoms with E-state index in [1.807, 2.05) is 92.7 Å². The van der Waals surface area contributed by atoms with Crippen LogP contribution in [0.2, 0.25) is 0 Å². The smallest absolute Gasteiger partial charge is 0.243 e. The highest BCUT2D eigenvalue weighted by Crippen LogP contribution is 2.21. The zero-order valence-electron chi connectivity index (χ0n) is 20.0. The standard InChI is InChI=1S/C29H34N2O2S/c1-3-23(2)30-29(33)27(21-24-13-7-4-8-14-24)31(22-25-15-9-5-10-16-25)28(32)19-20-34-26-17-11-6-12-18-26/h4-18,23,27H,3,19-22H2,1-2H3,(H,30,33)/t23-,27+/m0/s1. The topological polar surface area (TPSA) is 49.4 Å². The van der Waals surface area contributed by atoms with E-state index < -0.39 is 6.04 Å². The summed E-state index contributed by atoms with van der Waals surface area (Å²) in [6.45, 7) is 4.45. The second-order valence-electron chi connectivity index (χ2n) is 8.44. The zero-order chi connectivity index (χ0) is 24.2. The van der Waals surface area contributed by atoms with Crippen LogP contribution in [0, 0.1) is 0 Å². The maximum absolute atomic E-state index is 13.6. The number of benzene rings is 3. The van der Waals surface area contributed by atoms with Crippen LogP contribution in [-0.4, -0.2) is 34.6 Å². The first-order valence-electron chi connectivity index (χ1n) is 11.9. The monoisotopic (exact) mass is 474 g/mol. The number of thioether (sulfide) groups is 1. The lowest BCUT2D eigenvalue weighted by molar-refractivity contribution is -0.141. The molecule has 0 saturated heterocycles. The molecule has 3 rings (SSSR count). The van der Waals surface area contributed by atoms with E-state index in [1.54, 1.807) is 16.7 Å². The minimum atomic E-state index is -0.578. The van der Waals surface area contributed by atoms with E-state index in [2.05, 4.69) is 17.4 Å². The molecule has 0 fully saturated rings. The maximum atomic E-state index is 13.6. The predicted octanol–water partition coefficient (Wildman–Crippen LogP) is 5.72. The highest BCUT2D eigenvalue weighted by atomic mass is 32.2. The second kappa shape index (κ2) is 13.6. The van der Waals surface area contributed by atoms with E-state index in [-0.39, 0.29) is 17.9 Å². The average molecular weight is 475 g/mol. The second-order valence-corrected chi connectivity index (χ2v) is 9.61. The Hall–Kier alpha value is -3.05. The third kappa shape index (κ3) is 8.07. The molecule has 1 N–H and O–H groups in total. The van der Waals surface area contributed by atoms with Gasteiger partial charge in [-0.25, -0.2) is 0 Å². The van der Waals surface area contributed by atoms with Gasteiger partial charge in [-0.3, -0.25) is 9.59 Å². The van der Waals surface area contributed by atoms with Crippen molar-refractivity contribution in [2.24, 2.45) is 0 Å². The molecule has 0 radical (unpaired) electrons. The van der Waals surface area contributed by atoms with Gasteiger partial charge in [-0.2, -0.15) is 0 Å². The molecule has 0 spiro atoms. The van der Waals surface area contributed by atoms with Crippen molar-refractivity contribution in [3.63, 3.8) is 0 Å². The molecular formula is C29H34N2O2S. The van der Waals surface area contributed by atoms with Crippen molar-refractivity contribution in [1.82, 2.24) is 10.2 Å². The van der Waals surface area contributed by atoms with Crippen LogP contribution in [0.3, 0.4) is 0 Å². The summed E-state index contributed by atoms with van der Waals surface area (Å²) in [6, 6.07) is 29.4. The number of nitrogens with one attached hydrogen (secondary N) is 1. The summed E-state index contributed by atoms with van der Waals surface area (Å²) in [5.41, 5.74) is 2.05. The predicted molar refractivity (Wildman–Crippen MR) is 141 cm³/mol. The Bertz CT molecular complexity index is 1010. The van der Waals surface area contributed by atoms with Crippen molar-refractivity contribution >= 4 is 23.6 Å². The Morgan fingerprint density at radius 2 is 1.41 bits per heavy atom. The summed E-state index contributed by atoms with van der Waals surface area (Å²) in [4.78, 5) is 29.9. The minimum absolute atomic E-state index is 0.00693. The van der Waals surface area contributed by atoms with E-state index in [4.69, 9.17) is 0 Å². The van der Waals surface area contributed by atoms with Crippen LogP contribution < -0.4 is 5.32 Å². The number of amides is 2. The Balaban J connectivity index is 1.83. The molecule has 0 saturated carbocycles. The van der Waals surface area contributed by atoms with Crippen LogP contribution in [0.15, 0.2) is 95.9 Å². The Kier molecular flexibility index (Phi) is 10.2. The number of hydrogen-bond acceptors (Lipinski definition) is 3. The Morgan fingerprint density at radius 3 is 2.00 bits per heavy atom. The summed E-state index contributed by atoms with van der Waals surface area (Å²) in [5, 5.41) is 3.11. The van der Waals surface area contributed by atoms with Crippen molar-refractivity contribution in [1.29, 1.82) is 0 Å². The van der Waals surface area contributed by atoms with E-state index in [0.717, 1.165) is 22.4 Å².